The summed E-state index contributed by atoms with van der Waals surface area (Å²) in [6.07, 6.45) is 6.45. The van der Waals surface area contributed by atoms with E-state index < -0.39 is 24.5 Å². The first-order valence-electron chi connectivity index (χ1n) is 12.6. The second-order valence-electron chi connectivity index (χ2n) is 9.65. The maximum Gasteiger partial charge on any atom is 0.407 e. The predicted octanol–water partition coefficient (Wildman–Crippen LogP) is 6.18. The molecule has 13 heteroatoms. The summed E-state index contributed by atoms with van der Waals surface area (Å²) in [6, 6.07) is 4.40. The minimum absolute atomic E-state index is 0.0838. The van der Waals surface area contributed by atoms with E-state index in [-0.39, 0.29) is 22.9 Å². The van der Waals surface area contributed by atoms with Crippen molar-refractivity contribution in [2.24, 2.45) is 4.99 Å². The molecule has 1 aliphatic carbocycles. The molecule has 3 aromatic rings. The van der Waals surface area contributed by atoms with E-state index in [1.165, 1.54) is 41.8 Å². The fourth-order valence-corrected chi connectivity index (χ4v) is 6.32. The Bertz CT molecular complexity index is 1440. The van der Waals surface area contributed by atoms with Crippen LogP contribution in [0, 0.1) is 5.82 Å². The van der Waals surface area contributed by atoms with Crippen LogP contribution in [0.2, 0.25) is 5.02 Å². The van der Waals surface area contributed by atoms with Crippen molar-refractivity contribution in [3.05, 3.63) is 74.8 Å². The number of amidine groups is 1. The number of alkyl carbamates (subject to hydrolysis) is 1. The van der Waals surface area contributed by atoms with E-state index in [0.29, 0.717) is 39.6 Å². The number of hydrogen-bond acceptors (Lipinski definition) is 7. The van der Waals surface area contributed by atoms with Crippen LogP contribution in [0.1, 0.15) is 61.0 Å². The minimum Gasteiger partial charge on any atom is -0.446 e. The maximum absolute atomic E-state index is 14.0. The molecule has 6 rings (SSSR count). The zero-order valence-electron chi connectivity index (χ0n) is 20.6. The molecule has 1 saturated carbocycles. The van der Waals surface area contributed by atoms with E-state index in [9.17, 15) is 18.0 Å². The molecule has 0 bridgehead atoms. The van der Waals surface area contributed by atoms with Gasteiger partial charge in [0.25, 0.3) is 0 Å². The first-order valence-corrected chi connectivity index (χ1v) is 13.9. The number of alkyl halides is 2. The van der Waals surface area contributed by atoms with E-state index in [0.717, 1.165) is 31.4 Å². The SMILES string of the molecule is O=C(N[C@H]1CC2=C(c3ccn(C(F)F)n3)[C@H](c3ccc(F)cc3Cl)N=C(c3nccs3)N2C1)OC1CCCC1. The van der Waals surface area contributed by atoms with Gasteiger partial charge in [-0.25, -0.2) is 18.9 Å². The van der Waals surface area contributed by atoms with Crippen LogP contribution in [-0.4, -0.2) is 50.3 Å². The minimum atomic E-state index is -2.82. The second-order valence-corrected chi connectivity index (χ2v) is 10.9. The predicted molar refractivity (Wildman–Crippen MR) is 140 cm³/mol. The molecule has 2 aliphatic heterocycles. The number of amides is 1. The highest BCUT2D eigenvalue weighted by molar-refractivity contribution is 7.11. The highest BCUT2D eigenvalue weighted by Gasteiger charge is 2.41. The number of rotatable bonds is 6. The molecule has 0 spiro atoms. The van der Waals surface area contributed by atoms with Crippen molar-refractivity contribution in [1.82, 2.24) is 25.0 Å². The molecule has 1 aromatic carbocycles. The molecule has 2 aromatic heterocycles. The molecule has 39 heavy (non-hydrogen) atoms. The second kappa shape index (κ2) is 10.6. The van der Waals surface area contributed by atoms with Crippen LogP contribution in [-0.2, 0) is 4.74 Å². The summed E-state index contributed by atoms with van der Waals surface area (Å²) in [7, 11) is 0. The van der Waals surface area contributed by atoms with Gasteiger partial charge in [-0.15, -0.1) is 11.3 Å². The van der Waals surface area contributed by atoms with E-state index in [4.69, 9.17) is 21.3 Å². The lowest BCUT2D eigenvalue weighted by atomic mass is 9.92. The molecule has 4 heterocycles. The summed E-state index contributed by atoms with van der Waals surface area (Å²) in [6.45, 7) is -2.45. The third kappa shape index (κ3) is 5.14. The van der Waals surface area contributed by atoms with Gasteiger partial charge in [0, 0.05) is 52.6 Å². The van der Waals surface area contributed by atoms with Gasteiger partial charge in [0.05, 0.1) is 11.7 Å². The van der Waals surface area contributed by atoms with Crippen molar-refractivity contribution in [1.29, 1.82) is 0 Å². The van der Waals surface area contributed by atoms with E-state index >= 15 is 0 Å². The Morgan fingerprint density at radius 3 is 2.74 bits per heavy atom. The van der Waals surface area contributed by atoms with Gasteiger partial charge >= 0.3 is 12.6 Å². The zero-order valence-corrected chi connectivity index (χ0v) is 22.1. The number of ether oxygens (including phenoxy) is 1. The number of fused-ring (bicyclic) bond motifs is 1. The molecule has 204 valence electrons. The van der Waals surface area contributed by atoms with Crippen LogP contribution in [0.3, 0.4) is 0 Å². The average molecular weight is 577 g/mol. The van der Waals surface area contributed by atoms with Crippen molar-refractivity contribution in [3.8, 4) is 0 Å². The number of hydrogen-bond donors (Lipinski definition) is 1. The lowest BCUT2D eigenvalue weighted by Gasteiger charge is -2.32. The van der Waals surface area contributed by atoms with Gasteiger partial charge in [-0.2, -0.15) is 13.9 Å². The van der Waals surface area contributed by atoms with Crippen LogP contribution >= 0.6 is 22.9 Å². The number of halogens is 4. The Hall–Kier alpha value is -3.38. The summed E-state index contributed by atoms with van der Waals surface area (Å²) in [4.78, 5) is 24.1. The molecule has 1 N–H and O–H groups in total. The first-order chi connectivity index (χ1) is 18.9. The molecule has 2 atom stereocenters. The Kier molecular flexibility index (Phi) is 7.06. The van der Waals surface area contributed by atoms with Gasteiger partial charge in [0.1, 0.15) is 18.0 Å². The number of aliphatic imine (C=N–C) groups is 1. The third-order valence-corrected chi connectivity index (χ3v) is 8.22. The number of carbonyl (C=O) groups is 1. The summed E-state index contributed by atoms with van der Waals surface area (Å²) < 4.78 is 47.1. The summed E-state index contributed by atoms with van der Waals surface area (Å²) >= 11 is 7.88. The Morgan fingerprint density at radius 2 is 2.05 bits per heavy atom. The van der Waals surface area contributed by atoms with E-state index in [2.05, 4.69) is 15.4 Å². The van der Waals surface area contributed by atoms with Gasteiger partial charge in [0.15, 0.2) is 10.8 Å². The topological polar surface area (TPSA) is 84.6 Å². The van der Waals surface area contributed by atoms with Crippen LogP contribution in [0.4, 0.5) is 18.0 Å². The standard InChI is InChI=1S/C26H24ClF3N6O2S/c27-18-11-14(28)5-6-17(18)22-21(19-7-9-36(34-19)25(29)30)20-12-15(32-26(37)38-16-3-1-2-4-16)13-35(20)23(33-22)24-31-8-10-39-24/h5-11,15-16,22,25H,1-4,12-13H2,(H,32,37)/t15-,22-/m0/s1. The molecule has 0 radical (unpaired) electrons. The lowest BCUT2D eigenvalue weighted by molar-refractivity contribution is 0.0564. The monoisotopic (exact) mass is 576 g/mol. The molecule has 1 saturated heterocycles. The number of thiazole rings is 1. The van der Waals surface area contributed by atoms with Gasteiger partial charge in [-0.1, -0.05) is 17.7 Å². The highest BCUT2D eigenvalue weighted by atomic mass is 35.5. The van der Waals surface area contributed by atoms with Crippen molar-refractivity contribution in [2.75, 3.05) is 6.54 Å². The van der Waals surface area contributed by atoms with Crippen LogP contribution in [0.25, 0.3) is 5.57 Å². The Labute approximate surface area is 231 Å². The number of carbonyl (C=O) groups excluding carboxylic acids is 1. The maximum atomic E-state index is 14.0. The molecule has 8 nitrogen and oxygen atoms in total. The number of benzene rings is 1. The molecular weight excluding hydrogens is 553 g/mol. The quantitative estimate of drug-likeness (QED) is 0.379. The van der Waals surface area contributed by atoms with E-state index in [1.807, 2.05) is 10.3 Å². The largest absolute Gasteiger partial charge is 0.446 e. The molecule has 0 unspecified atom stereocenters. The molecule has 1 amide bonds. The summed E-state index contributed by atoms with van der Waals surface area (Å²) in [5, 5.41) is 9.71. The summed E-state index contributed by atoms with van der Waals surface area (Å²) in [5.41, 5.74) is 2.08. The Balaban J connectivity index is 1.43. The number of nitrogens with zero attached hydrogens (tertiary/aromatic N) is 5. The van der Waals surface area contributed by atoms with Gasteiger partial charge in [0.2, 0.25) is 0 Å². The molecule has 2 fully saturated rings. The number of aromatic nitrogens is 3. The molecule has 3 aliphatic rings. The highest BCUT2D eigenvalue weighted by Crippen LogP contribution is 2.46. The van der Waals surface area contributed by atoms with Gasteiger partial charge in [-0.3, -0.25) is 4.99 Å². The lowest BCUT2D eigenvalue weighted by Crippen LogP contribution is -2.40. The van der Waals surface area contributed by atoms with Gasteiger partial charge in [-0.05, 0) is 43.9 Å². The average Bonchev–Trinajstić information content (AvgIpc) is 3.70. The first kappa shape index (κ1) is 25.9. The van der Waals surface area contributed by atoms with Gasteiger partial charge < -0.3 is 15.0 Å². The van der Waals surface area contributed by atoms with Crippen molar-refractivity contribution < 1.29 is 22.7 Å². The van der Waals surface area contributed by atoms with Crippen LogP contribution in [0.15, 0.2) is 52.7 Å². The van der Waals surface area contributed by atoms with Crippen molar-refractivity contribution in [2.45, 2.75) is 56.8 Å². The Morgan fingerprint density at radius 1 is 1.23 bits per heavy atom. The molecular formula is C26H24ClF3N6O2S. The number of nitrogens with one attached hydrogen (secondary N) is 1. The van der Waals surface area contributed by atoms with Crippen molar-refractivity contribution in [3.63, 3.8) is 0 Å². The summed E-state index contributed by atoms with van der Waals surface area (Å²) in [5.74, 6) is 0.0447. The normalized spacial score (nSPS) is 21.5. The van der Waals surface area contributed by atoms with Crippen LogP contribution < -0.4 is 5.32 Å². The van der Waals surface area contributed by atoms with Crippen LogP contribution in [0.5, 0.6) is 0 Å². The van der Waals surface area contributed by atoms with Crippen molar-refractivity contribution >= 4 is 40.4 Å². The smallest absolute Gasteiger partial charge is 0.407 e. The van der Waals surface area contributed by atoms with E-state index in [1.54, 1.807) is 6.20 Å². The third-order valence-electron chi connectivity index (χ3n) is 7.12. The zero-order chi connectivity index (χ0) is 27.1. The fraction of sp³-hybridized carbons (Fsp3) is 0.385. The fourth-order valence-electron chi connectivity index (χ4n) is 5.41.